The van der Waals surface area contributed by atoms with Crippen molar-refractivity contribution in [3.8, 4) is 22.6 Å². The van der Waals surface area contributed by atoms with Crippen LogP contribution >= 0.6 is 11.6 Å². The van der Waals surface area contributed by atoms with Gasteiger partial charge in [-0.15, -0.1) is 0 Å². The topological polar surface area (TPSA) is 96.6 Å². The molecule has 1 saturated heterocycles. The molecule has 0 spiro atoms. The van der Waals surface area contributed by atoms with E-state index in [1.807, 2.05) is 4.90 Å². The molecule has 190 valence electrons. The number of piperazine rings is 1. The quantitative estimate of drug-likeness (QED) is 0.394. The van der Waals surface area contributed by atoms with E-state index in [1.54, 1.807) is 4.90 Å². The maximum absolute atomic E-state index is 15.9. The number of fused-ring (bicyclic) bond motifs is 2. The molecule has 1 unspecified atom stereocenters. The second-order valence-electron chi connectivity index (χ2n) is 8.70. The van der Waals surface area contributed by atoms with Gasteiger partial charge in [0.2, 0.25) is 5.95 Å². The lowest BCUT2D eigenvalue weighted by atomic mass is 9.99. The summed E-state index contributed by atoms with van der Waals surface area (Å²) >= 11 is 6.60. The van der Waals surface area contributed by atoms with Crippen molar-refractivity contribution in [2.24, 2.45) is 0 Å². The summed E-state index contributed by atoms with van der Waals surface area (Å²) in [6.45, 7) is 1.04. The number of halogens is 4. The Hall–Kier alpha value is -4.06. The number of hydrogen-bond acceptors (Lipinski definition) is 7. The second-order valence-corrected chi connectivity index (χ2v) is 9.08. The zero-order chi connectivity index (χ0) is 25.8. The SMILES string of the molecule is O=C(N1CCN2c3ncnc4c(F)c(-c5c(O)cccc5F)c(Cl)c(c34)OCCC2C1)n1cnc(F)c1. The van der Waals surface area contributed by atoms with E-state index in [9.17, 15) is 18.7 Å². The Morgan fingerprint density at radius 1 is 1.14 bits per heavy atom. The lowest BCUT2D eigenvalue weighted by molar-refractivity contribution is 0.178. The first-order valence-corrected chi connectivity index (χ1v) is 11.7. The minimum absolute atomic E-state index is 0.0807. The molecule has 37 heavy (non-hydrogen) atoms. The maximum Gasteiger partial charge on any atom is 0.329 e. The summed E-state index contributed by atoms with van der Waals surface area (Å²) in [5, 5.41) is 10.3. The van der Waals surface area contributed by atoms with Crippen LogP contribution in [0.5, 0.6) is 11.5 Å². The van der Waals surface area contributed by atoms with Gasteiger partial charge in [-0.1, -0.05) is 17.7 Å². The smallest absolute Gasteiger partial charge is 0.329 e. The third kappa shape index (κ3) is 3.70. The van der Waals surface area contributed by atoms with Gasteiger partial charge in [-0.3, -0.25) is 4.57 Å². The number of aromatic nitrogens is 4. The molecule has 0 radical (unpaired) electrons. The number of amides is 1. The molecule has 1 fully saturated rings. The Balaban J connectivity index is 1.45. The van der Waals surface area contributed by atoms with Crippen LogP contribution in [0.2, 0.25) is 5.02 Å². The van der Waals surface area contributed by atoms with Gasteiger partial charge in [-0.2, -0.15) is 4.39 Å². The zero-order valence-electron chi connectivity index (χ0n) is 19.0. The van der Waals surface area contributed by atoms with Gasteiger partial charge in [0, 0.05) is 31.6 Å². The number of carbonyl (C=O) groups excluding carboxylic acids is 1. The predicted molar refractivity (Wildman–Crippen MR) is 127 cm³/mol. The van der Waals surface area contributed by atoms with Crippen molar-refractivity contribution in [3.63, 3.8) is 0 Å². The molecule has 1 atom stereocenters. The molecule has 2 aromatic heterocycles. The summed E-state index contributed by atoms with van der Waals surface area (Å²) in [6.07, 6.45) is 3.76. The molecule has 4 heterocycles. The molecule has 2 aromatic carbocycles. The molecule has 0 bridgehead atoms. The molecule has 2 aliphatic heterocycles. The first-order chi connectivity index (χ1) is 17.8. The van der Waals surface area contributed by atoms with Gasteiger partial charge in [0.1, 0.15) is 35.6 Å². The fourth-order valence-corrected chi connectivity index (χ4v) is 5.27. The third-order valence-corrected chi connectivity index (χ3v) is 7.00. The zero-order valence-corrected chi connectivity index (χ0v) is 19.8. The minimum atomic E-state index is -0.926. The van der Waals surface area contributed by atoms with Crippen LogP contribution in [0.3, 0.4) is 0 Å². The van der Waals surface area contributed by atoms with E-state index in [0.29, 0.717) is 18.8 Å². The predicted octanol–water partition coefficient (Wildman–Crippen LogP) is 4.21. The summed E-state index contributed by atoms with van der Waals surface area (Å²) in [5.74, 6) is -2.58. The van der Waals surface area contributed by atoms with Crippen molar-refractivity contribution < 1.29 is 27.8 Å². The van der Waals surface area contributed by atoms with Crippen molar-refractivity contribution >= 4 is 34.4 Å². The van der Waals surface area contributed by atoms with E-state index < -0.39 is 34.9 Å². The van der Waals surface area contributed by atoms with Gasteiger partial charge < -0.3 is 19.6 Å². The van der Waals surface area contributed by atoms with Crippen molar-refractivity contribution in [2.45, 2.75) is 12.5 Å². The number of benzene rings is 2. The highest BCUT2D eigenvalue weighted by Crippen LogP contribution is 2.49. The molecule has 1 N–H and O–H groups in total. The van der Waals surface area contributed by atoms with Gasteiger partial charge in [-0.25, -0.2) is 28.5 Å². The van der Waals surface area contributed by atoms with Crippen LogP contribution in [0.25, 0.3) is 22.0 Å². The lowest BCUT2D eigenvalue weighted by Gasteiger charge is -2.43. The van der Waals surface area contributed by atoms with E-state index in [2.05, 4.69) is 15.0 Å². The highest BCUT2D eigenvalue weighted by atomic mass is 35.5. The molecule has 1 amide bonds. The van der Waals surface area contributed by atoms with Crippen LogP contribution < -0.4 is 9.64 Å². The van der Waals surface area contributed by atoms with Crippen molar-refractivity contribution in [2.75, 3.05) is 31.1 Å². The summed E-state index contributed by atoms with van der Waals surface area (Å²) in [7, 11) is 0. The molecule has 13 heteroatoms. The van der Waals surface area contributed by atoms with E-state index in [1.165, 1.54) is 18.5 Å². The van der Waals surface area contributed by atoms with Crippen LogP contribution in [0.15, 0.2) is 37.1 Å². The highest BCUT2D eigenvalue weighted by molar-refractivity contribution is 6.36. The largest absolute Gasteiger partial charge is 0.507 e. The summed E-state index contributed by atoms with van der Waals surface area (Å²) < 4.78 is 51.0. The number of imidazole rings is 1. The van der Waals surface area contributed by atoms with Crippen molar-refractivity contribution in [3.05, 3.63) is 59.7 Å². The Labute approximate surface area is 212 Å². The highest BCUT2D eigenvalue weighted by Gasteiger charge is 2.36. The number of phenols is 1. The Morgan fingerprint density at radius 3 is 2.73 bits per heavy atom. The van der Waals surface area contributed by atoms with Crippen LogP contribution in [0.1, 0.15) is 6.42 Å². The van der Waals surface area contributed by atoms with Crippen LogP contribution in [-0.4, -0.2) is 67.8 Å². The number of ether oxygens (including phenoxy) is 1. The van der Waals surface area contributed by atoms with Gasteiger partial charge in [0.25, 0.3) is 0 Å². The Bertz CT molecular complexity index is 1540. The fourth-order valence-electron chi connectivity index (χ4n) is 4.94. The number of rotatable bonds is 1. The average molecular weight is 531 g/mol. The number of hydrogen-bond donors (Lipinski definition) is 1. The van der Waals surface area contributed by atoms with Gasteiger partial charge in [0.15, 0.2) is 11.6 Å². The normalized spacial score (nSPS) is 17.2. The summed E-state index contributed by atoms with van der Waals surface area (Å²) in [5.41, 5.74) is -0.894. The first-order valence-electron chi connectivity index (χ1n) is 11.4. The third-order valence-electron chi connectivity index (χ3n) is 6.64. The summed E-state index contributed by atoms with van der Waals surface area (Å²) in [6, 6.07) is 2.94. The fraction of sp³-hybridized carbons (Fsp3) is 0.250. The molecule has 9 nitrogen and oxygen atoms in total. The van der Waals surface area contributed by atoms with E-state index in [-0.39, 0.29) is 53.0 Å². The van der Waals surface area contributed by atoms with Crippen LogP contribution in [0, 0.1) is 17.6 Å². The monoisotopic (exact) mass is 530 g/mol. The van der Waals surface area contributed by atoms with Crippen LogP contribution in [-0.2, 0) is 0 Å². The summed E-state index contributed by atoms with van der Waals surface area (Å²) in [4.78, 5) is 28.3. The van der Waals surface area contributed by atoms with E-state index >= 15 is 4.39 Å². The van der Waals surface area contributed by atoms with Crippen molar-refractivity contribution in [1.29, 1.82) is 0 Å². The number of anilines is 1. The maximum atomic E-state index is 15.9. The standard InChI is InChI=1S/C24H18ClF3N6O3/c25-19-17(16-13(26)2-1-3-14(16)35)20(28)21-18-22(19)37-7-4-12-8-32(24(36)33-9-15(27)31-11-33)5-6-34(12)23(18)30-10-29-21/h1-3,9-12,35H,4-8H2. The Kier molecular flexibility index (Phi) is 5.55. The van der Waals surface area contributed by atoms with Crippen molar-refractivity contribution in [1.82, 2.24) is 24.4 Å². The van der Waals surface area contributed by atoms with Gasteiger partial charge >= 0.3 is 6.03 Å². The lowest BCUT2D eigenvalue weighted by Crippen LogP contribution is -2.56. The molecule has 0 saturated carbocycles. The molecule has 0 aliphatic carbocycles. The second kappa shape index (κ2) is 8.80. The average Bonchev–Trinajstić information content (AvgIpc) is 3.32. The van der Waals surface area contributed by atoms with E-state index in [4.69, 9.17) is 16.3 Å². The first kappa shape index (κ1) is 23.3. The van der Waals surface area contributed by atoms with Crippen LogP contribution in [0.4, 0.5) is 23.8 Å². The number of phenolic OH excluding ortho intramolecular Hbond substituents is 1. The number of carbonyl (C=O) groups is 1. The molecule has 2 aliphatic rings. The molecular weight excluding hydrogens is 513 g/mol. The number of aromatic hydroxyl groups is 1. The van der Waals surface area contributed by atoms with Gasteiger partial charge in [0.05, 0.1) is 34.8 Å². The Morgan fingerprint density at radius 2 is 1.97 bits per heavy atom. The molecule has 4 aromatic rings. The molecular formula is C24H18ClF3N6O3. The molecule has 6 rings (SSSR count). The van der Waals surface area contributed by atoms with E-state index in [0.717, 1.165) is 23.2 Å². The number of nitrogens with zero attached hydrogens (tertiary/aromatic N) is 6. The minimum Gasteiger partial charge on any atom is -0.507 e. The van der Waals surface area contributed by atoms with Gasteiger partial charge in [-0.05, 0) is 12.1 Å².